The topological polar surface area (TPSA) is 143 Å². The lowest BCUT2D eigenvalue weighted by atomic mass is 10.0. The van der Waals surface area contributed by atoms with Crippen LogP contribution >= 0.6 is 7.92 Å². The Morgan fingerprint density at radius 1 is 1.04 bits per heavy atom. The second-order valence-electron chi connectivity index (χ2n) is 12.2. The number of piperazine rings is 1. The van der Waals surface area contributed by atoms with Gasteiger partial charge in [0.05, 0.1) is 29.2 Å². The molecule has 3 aromatic heterocycles. The number of anilines is 5. The minimum absolute atomic E-state index is 0.228. The van der Waals surface area contributed by atoms with Crippen molar-refractivity contribution in [1.29, 1.82) is 5.41 Å². The van der Waals surface area contributed by atoms with Crippen molar-refractivity contribution in [3.63, 3.8) is 0 Å². The molecule has 13 heteroatoms. The van der Waals surface area contributed by atoms with E-state index in [1.807, 2.05) is 36.7 Å². The summed E-state index contributed by atoms with van der Waals surface area (Å²) in [5.41, 5.74) is 6.82. The Balaban J connectivity index is 1.41. The van der Waals surface area contributed by atoms with Gasteiger partial charge in [-0.25, -0.2) is 0 Å². The maximum Gasteiger partial charge on any atom is 0.231 e. The number of nitrogens with zero attached hydrogens (tertiary/aromatic N) is 6. The molecule has 12 nitrogen and oxygen atoms in total. The highest BCUT2D eigenvalue weighted by Gasteiger charge is 2.23. The Morgan fingerprint density at radius 3 is 2.54 bits per heavy atom. The van der Waals surface area contributed by atoms with E-state index in [9.17, 15) is 0 Å². The highest BCUT2D eigenvalue weighted by atomic mass is 31.1. The van der Waals surface area contributed by atoms with Crippen LogP contribution in [0.5, 0.6) is 5.75 Å². The van der Waals surface area contributed by atoms with Crippen molar-refractivity contribution in [2.45, 2.75) is 26.8 Å². The number of methoxy groups -OCH3 is 1. The fraction of sp³-hybridized carbons (Fsp3) is 0.343. The Bertz CT molecular complexity index is 1950. The van der Waals surface area contributed by atoms with E-state index in [1.54, 1.807) is 19.5 Å². The fourth-order valence-corrected chi connectivity index (χ4v) is 7.21. The highest BCUT2D eigenvalue weighted by Crippen LogP contribution is 2.39. The summed E-state index contributed by atoms with van der Waals surface area (Å²) in [6.45, 7) is 15.6. The summed E-state index contributed by atoms with van der Waals surface area (Å²) in [5.74, 6) is 1.73. The molecule has 1 aliphatic heterocycles. The van der Waals surface area contributed by atoms with Crippen LogP contribution in [0.2, 0.25) is 0 Å². The average molecular weight is 666 g/mol. The third-order valence-electron chi connectivity index (χ3n) is 8.49. The van der Waals surface area contributed by atoms with Crippen LogP contribution < -0.4 is 30.9 Å². The van der Waals surface area contributed by atoms with E-state index in [1.165, 1.54) is 6.21 Å². The first-order valence-corrected chi connectivity index (χ1v) is 18.5. The molecule has 250 valence electrons. The van der Waals surface area contributed by atoms with E-state index in [2.05, 4.69) is 80.9 Å². The monoisotopic (exact) mass is 665 g/mol. The number of likely N-dealkylation sites (N-methyl/N-ethyl adjacent to an activating group) is 1. The van der Waals surface area contributed by atoms with Crippen molar-refractivity contribution in [3.8, 4) is 5.75 Å². The number of fused-ring (bicyclic) bond motifs is 2. The maximum atomic E-state index is 8.35. The summed E-state index contributed by atoms with van der Waals surface area (Å²) >= 11 is 0. The lowest BCUT2D eigenvalue weighted by molar-refractivity contribution is 0.271. The average Bonchev–Trinajstić information content (AvgIpc) is 3.57. The molecule has 0 unspecified atom stereocenters. The van der Waals surface area contributed by atoms with Gasteiger partial charge in [-0.05, 0) is 58.0 Å². The summed E-state index contributed by atoms with van der Waals surface area (Å²) in [7, 11) is 1.16. The zero-order chi connectivity index (χ0) is 33.8. The van der Waals surface area contributed by atoms with Crippen LogP contribution in [0.4, 0.5) is 28.8 Å². The summed E-state index contributed by atoms with van der Waals surface area (Å²) in [4.78, 5) is 27.1. The molecule has 0 saturated carbocycles. The van der Waals surface area contributed by atoms with Crippen molar-refractivity contribution in [3.05, 3.63) is 60.7 Å². The van der Waals surface area contributed by atoms with E-state index in [4.69, 9.17) is 20.1 Å². The zero-order valence-electron chi connectivity index (χ0n) is 28.4. The van der Waals surface area contributed by atoms with Crippen molar-refractivity contribution >= 4 is 75.9 Å². The second-order valence-corrected chi connectivity index (χ2v) is 14.5. The van der Waals surface area contributed by atoms with Gasteiger partial charge in [-0.1, -0.05) is 14.8 Å². The molecule has 0 radical (unpaired) electrons. The number of allylic oxidation sites excluding steroid dienone is 1. The van der Waals surface area contributed by atoms with Gasteiger partial charge in [0.2, 0.25) is 5.95 Å². The van der Waals surface area contributed by atoms with Gasteiger partial charge >= 0.3 is 0 Å². The molecule has 5 N–H and O–H groups in total. The molecule has 1 saturated heterocycles. The minimum atomic E-state index is -0.514. The van der Waals surface area contributed by atoms with Gasteiger partial charge in [0.1, 0.15) is 17.2 Å². The minimum Gasteiger partial charge on any atom is -0.494 e. The molecule has 0 spiro atoms. The standard InChI is InChI=1S/C35H44N11OP/c1-7-45-14-16-46(17-15-45)29-19-30(47-4)28(18-25(29)23(20-36)21-40-22(2)3)42-35-43-33-24(10-11-39-33)34(44-35)41-27-9-8-26-31(32(27)48(5)6)38-13-12-37-26/h8-13,18-22,36,40H,7,14-17H2,1-6H3,(H3,39,41,42,43,44)/b23-21+,36-20?. The zero-order valence-corrected chi connectivity index (χ0v) is 29.3. The Kier molecular flexibility index (Phi) is 10.0. The molecule has 0 amide bonds. The molecular weight excluding hydrogens is 621 g/mol. The third kappa shape index (κ3) is 6.90. The van der Waals surface area contributed by atoms with Gasteiger partial charge in [-0.15, -0.1) is 0 Å². The molecule has 1 fully saturated rings. The fourth-order valence-electron chi connectivity index (χ4n) is 6.00. The Hall–Kier alpha value is -4.80. The van der Waals surface area contributed by atoms with Crippen LogP contribution in [0.1, 0.15) is 26.3 Å². The van der Waals surface area contributed by atoms with Crippen LogP contribution in [0.3, 0.4) is 0 Å². The van der Waals surface area contributed by atoms with Gasteiger partial charge < -0.3 is 40.9 Å². The Morgan fingerprint density at radius 2 is 1.83 bits per heavy atom. The van der Waals surface area contributed by atoms with Gasteiger partial charge in [0.25, 0.3) is 0 Å². The smallest absolute Gasteiger partial charge is 0.231 e. The van der Waals surface area contributed by atoms with E-state index < -0.39 is 7.92 Å². The quantitative estimate of drug-likeness (QED) is 0.0808. The van der Waals surface area contributed by atoms with Crippen molar-refractivity contribution in [1.82, 2.24) is 35.1 Å². The van der Waals surface area contributed by atoms with Crippen LogP contribution in [-0.2, 0) is 0 Å². The molecule has 5 aromatic rings. The van der Waals surface area contributed by atoms with E-state index in [0.29, 0.717) is 28.9 Å². The first-order chi connectivity index (χ1) is 23.3. The van der Waals surface area contributed by atoms with Crippen LogP contribution in [0, 0.1) is 5.41 Å². The molecule has 0 atom stereocenters. The number of hydrogen-bond acceptors (Lipinski definition) is 11. The van der Waals surface area contributed by atoms with E-state index in [0.717, 1.165) is 77.0 Å². The third-order valence-corrected chi connectivity index (χ3v) is 9.84. The van der Waals surface area contributed by atoms with E-state index >= 15 is 0 Å². The number of benzene rings is 2. The number of rotatable bonds is 12. The molecular formula is C35H44N11OP. The van der Waals surface area contributed by atoms with Gasteiger partial charge in [-0.3, -0.25) is 9.97 Å². The normalized spacial score (nSPS) is 14.2. The first-order valence-electron chi connectivity index (χ1n) is 16.3. The largest absolute Gasteiger partial charge is 0.494 e. The number of nitrogens with one attached hydrogen (secondary N) is 5. The molecule has 1 aliphatic rings. The SMILES string of the molecule is CCN1CCN(c2cc(OC)c(Nc3nc(Nc4ccc5nccnc5c4P(C)C)c4cc[nH]c4n3)cc2/C(C=N)=C/NC(C)C)CC1. The highest BCUT2D eigenvalue weighted by molar-refractivity contribution is 7.65. The number of hydrogen-bond donors (Lipinski definition) is 5. The number of H-pyrrole nitrogens is 1. The number of aromatic amines is 1. The van der Waals surface area contributed by atoms with Gasteiger partial charge in [0.15, 0.2) is 0 Å². The summed E-state index contributed by atoms with van der Waals surface area (Å²) in [6.07, 6.45) is 8.64. The molecule has 0 aliphatic carbocycles. The second kappa shape index (κ2) is 14.5. The summed E-state index contributed by atoms with van der Waals surface area (Å²) in [6, 6.07) is 10.3. The van der Waals surface area contributed by atoms with Crippen LogP contribution in [0.15, 0.2) is 55.1 Å². The number of aromatic nitrogens is 5. The molecule has 6 rings (SSSR count). The lowest BCUT2D eigenvalue weighted by Gasteiger charge is -2.37. The maximum absolute atomic E-state index is 8.35. The Labute approximate surface area is 282 Å². The first kappa shape index (κ1) is 33.1. The van der Waals surface area contributed by atoms with Crippen LogP contribution in [0.25, 0.3) is 27.6 Å². The number of ether oxygens (including phenoxy) is 1. The molecule has 48 heavy (non-hydrogen) atoms. The molecule has 4 heterocycles. The predicted octanol–water partition coefficient (Wildman–Crippen LogP) is 5.89. The van der Waals surface area contributed by atoms with E-state index in [-0.39, 0.29) is 6.04 Å². The summed E-state index contributed by atoms with van der Waals surface area (Å²) in [5, 5.41) is 20.8. The van der Waals surface area contributed by atoms with Crippen molar-refractivity contribution in [2.75, 3.05) is 68.7 Å². The van der Waals surface area contributed by atoms with Gasteiger partial charge in [0, 0.05) is 97.1 Å². The molecule has 2 aromatic carbocycles. The summed E-state index contributed by atoms with van der Waals surface area (Å²) < 4.78 is 5.96. The van der Waals surface area contributed by atoms with Gasteiger partial charge in [-0.2, -0.15) is 9.97 Å². The lowest BCUT2D eigenvalue weighted by Crippen LogP contribution is -2.46. The predicted molar refractivity (Wildman–Crippen MR) is 201 cm³/mol. The van der Waals surface area contributed by atoms with Crippen LogP contribution in [-0.4, -0.2) is 95.2 Å². The molecule has 0 bridgehead atoms. The van der Waals surface area contributed by atoms with Crippen molar-refractivity contribution < 1.29 is 4.74 Å². The van der Waals surface area contributed by atoms with Crippen molar-refractivity contribution in [2.24, 2.45) is 0 Å².